The molecule has 3 heteroatoms. The number of rotatable bonds is 1. The maximum absolute atomic E-state index is 3.92. The summed E-state index contributed by atoms with van der Waals surface area (Å²) in [7, 11) is 2.57. The molecule has 0 saturated heterocycles. The zero-order valence-corrected chi connectivity index (χ0v) is 6.21. The van der Waals surface area contributed by atoms with Crippen LogP contribution in [0.15, 0.2) is 29.4 Å². The molecule has 1 unspecified atom stereocenters. The van der Waals surface area contributed by atoms with E-state index < -0.39 is 0 Å². The summed E-state index contributed by atoms with van der Waals surface area (Å²) in [5.74, 6) is 0. The second-order valence-electron chi connectivity index (χ2n) is 1.31. The van der Waals surface area contributed by atoms with Crippen molar-refractivity contribution in [2.24, 2.45) is 0 Å². The number of aromatic nitrogens is 1. The fraction of sp³-hybridized carbons (Fsp3) is 0. The van der Waals surface area contributed by atoms with Crippen LogP contribution in [-0.2, 0) is 0 Å². The van der Waals surface area contributed by atoms with Crippen molar-refractivity contribution in [2.45, 2.75) is 4.90 Å². The van der Waals surface area contributed by atoms with Crippen molar-refractivity contribution in [2.75, 3.05) is 0 Å². The molecular formula is C5H6NPS. The number of hydrogen-bond donors (Lipinski definition) is 0. The minimum absolute atomic E-state index is 1.18. The summed E-state index contributed by atoms with van der Waals surface area (Å²) in [6, 6.07) is 3.94. The quantitative estimate of drug-likeness (QED) is 0.557. The average Bonchev–Trinajstić information content (AvgIpc) is 1.90. The molecule has 0 aromatic carbocycles. The Morgan fingerprint density at radius 1 is 1.62 bits per heavy atom. The Morgan fingerprint density at radius 3 is 2.88 bits per heavy atom. The van der Waals surface area contributed by atoms with Crippen LogP contribution in [-0.4, -0.2) is 4.98 Å². The van der Waals surface area contributed by atoms with E-state index in [2.05, 4.69) is 13.4 Å². The summed E-state index contributed by atoms with van der Waals surface area (Å²) in [6.07, 6.45) is 3.60. The van der Waals surface area contributed by atoms with Gasteiger partial charge < -0.3 is 0 Å². The smallest absolute Gasteiger partial charge is 0.0407 e. The molecule has 0 saturated carbocycles. The molecular weight excluding hydrogens is 137 g/mol. The van der Waals surface area contributed by atoms with Gasteiger partial charge in [-0.3, -0.25) is 4.98 Å². The van der Waals surface area contributed by atoms with E-state index >= 15 is 0 Å². The molecule has 8 heavy (non-hydrogen) atoms. The summed E-state index contributed by atoms with van der Waals surface area (Å²) in [4.78, 5) is 5.10. The predicted octanol–water partition coefficient (Wildman–Crippen LogP) is 1.96. The maximum atomic E-state index is 3.92. The van der Waals surface area contributed by atoms with Crippen molar-refractivity contribution in [1.82, 2.24) is 4.98 Å². The van der Waals surface area contributed by atoms with Crippen molar-refractivity contribution < 1.29 is 0 Å². The minimum Gasteiger partial charge on any atom is -0.264 e. The van der Waals surface area contributed by atoms with Gasteiger partial charge in [0.15, 0.2) is 0 Å². The van der Waals surface area contributed by atoms with Gasteiger partial charge in [-0.15, -0.1) is 11.4 Å². The van der Waals surface area contributed by atoms with E-state index in [9.17, 15) is 0 Å². The Labute approximate surface area is 54.9 Å². The second-order valence-corrected chi connectivity index (χ2v) is 2.72. The van der Waals surface area contributed by atoms with Crippen LogP contribution in [0.1, 0.15) is 0 Å². The lowest BCUT2D eigenvalue weighted by molar-refractivity contribution is 1.24. The standard InChI is InChI=1S/C5H6NPS/c7-8-5-2-1-3-6-4-5/h1-4H,7H2. The molecule has 0 amide bonds. The molecule has 0 fully saturated rings. The molecule has 1 atom stereocenters. The second kappa shape index (κ2) is 3.06. The van der Waals surface area contributed by atoms with Crippen LogP contribution < -0.4 is 0 Å². The largest absolute Gasteiger partial charge is 0.264 e. The van der Waals surface area contributed by atoms with Gasteiger partial charge in [-0.25, -0.2) is 0 Å². The Morgan fingerprint density at radius 2 is 2.50 bits per heavy atom. The fourth-order valence-corrected chi connectivity index (χ4v) is 1.11. The van der Waals surface area contributed by atoms with E-state index in [4.69, 9.17) is 0 Å². The Kier molecular flexibility index (Phi) is 2.31. The zero-order chi connectivity index (χ0) is 5.82. The lowest BCUT2D eigenvalue weighted by Gasteiger charge is -1.88. The third-order valence-electron chi connectivity index (χ3n) is 0.770. The van der Waals surface area contributed by atoms with Gasteiger partial charge in [0, 0.05) is 17.3 Å². The van der Waals surface area contributed by atoms with E-state index in [-0.39, 0.29) is 0 Å². The van der Waals surface area contributed by atoms with Gasteiger partial charge in [-0.05, 0) is 12.1 Å². The summed E-state index contributed by atoms with van der Waals surface area (Å²) in [5, 5.41) is 0. The highest BCUT2D eigenvalue weighted by molar-refractivity contribution is 8.43. The highest BCUT2D eigenvalue weighted by Crippen LogP contribution is 2.22. The molecule has 1 heterocycles. The third-order valence-corrected chi connectivity index (χ3v) is 2.10. The first-order valence-corrected chi connectivity index (χ1v) is 4.49. The van der Waals surface area contributed by atoms with E-state index in [1.54, 1.807) is 17.6 Å². The van der Waals surface area contributed by atoms with Crippen LogP contribution in [0.25, 0.3) is 0 Å². The summed E-state index contributed by atoms with van der Waals surface area (Å²) in [6.45, 7) is 0. The van der Waals surface area contributed by atoms with Gasteiger partial charge in [0.1, 0.15) is 0 Å². The average molecular weight is 143 g/mol. The van der Waals surface area contributed by atoms with Gasteiger partial charge in [0.05, 0.1) is 0 Å². The minimum atomic E-state index is 1.18. The molecule has 1 aromatic heterocycles. The van der Waals surface area contributed by atoms with Crippen LogP contribution >= 0.6 is 19.8 Å². The van der Waals surface area contributed by atoms with Crippen LogP contribution in [0, 0.1) is 0 Å². The maximum Gasteiger partial charge on any atom is 0.0407 e. The van der Waals surface area contributed by atoms with Crippen molar-refractivity contribution in [3.05, 3.63) is 24.5 Å². The van der Waals surface area contributed by atoms with Crippen molar-refractivity contribution in [3.63, 3.8) is 0 Å². The first-order chi connectivity index (χ1) is 3.93. The SMILES string of the molecule is PSc1cccnc1. The Bertz CT molecular complexity index is 154. The van der Waals surface area contributed by atoms with E-state index in [1.165, 1.54) is 4.90 Å². The molecule has 0 radical (unpaired) electrons. The number of hydrogen-bond acceptors (Lipinski definition) is 2. The third kappa shape index (κ3) is 1.46. The van der Waals surface area contributed by atoms with E-state index in [1.807, 2.05) is 18.3 Å². The van der Waals surface area contributed by atoms with Crippen LogP contribution in [0.5, 0.6) is 0 Å². The van der Waals surface area contributed by atoms with Crippen molar-refractivity contribution in [1.29, 1.82) is 0 Å². The molecule has 1 nitrogen and oxygen atoms in total. The first kappa shape index (κ1) is 6.06. The molecule has 1 rings (SSSR count). The highest BCUT2D eigenvalue weighted by atomic mass is 32.7. The summed E-state index contributed by atoms with van der Waals surface area (Å²) < 4.78 is 0. The van der Waals surface area contributed by atoms with E-state index in [0.29, 0.717) is 0 Å². The zero-order valence-electron chi connectivity index (χ0n) is 4.24. The van der Waals surface area contributed by atoms with Gasteiger partial charge in [-0.1, -0.05) is 8.44 Å². The van der Waals surface area contributed by atoms with Crippen LogP contribution in [0.2, 0.25) is 0 Å². The van der Waals surface area contributed by atoms with Gasteiger partial charge in [-0.2, -0.15) is 0 Å². The van der Waals surface area contributed by atoms with Crippen molar-refractivity contribution in [3.8, 4) is 0 Å². The molecule has 0 N–H and O–H groups in total. The molecule has 0 spiro atoms. The lowest BCUT2D eigenvalue weighted by Crippen LogP contribution is -1.67. The lowest BCUT2D eigenvalue weighted by atomic mass is 10.5. The highest BCUT2D eigenvalue weighted by Gasteiger charge is 1.81. The predicted molar refractivity (Wildman–Crippen MR) is 39.8 cm³/mol. The van der Waals surface area contributed by atoms with Crippen LogP contribution in [0.4, 0.5) is 0 Å². The number of nitrogens with zero attached hydrogens (tertiary/aromatic N) is 1. The topological polar surface area (TPSA) is 12.9 Å². The summed E-state index contributed by atoms with van der Waals surface area (Å²) in [5.41, 5.74) is 0. The molecule has 0 aliphatic carbocycles. The Balaban J connectivity index is 2.83. The Hall–Kier alpha value is -0.0700. The molecule has 0 aliphatic heterocycles. The molecule has 1 aromatic rings. The summed E-state index contributed by atoms with van der Waals surface area (Å²) >= 11 is 1.62. The van der Waals surface area contributed by atoms with Gasteiger partial charge in [0.25, 0.3) is 0 Å². The molecule has 0 aliphatic rings. The van der Waals surface area contributed by atoms with E-state index in [0.717, 1.165) is 0 Å². The van der Waals surface area contributed by atoms with Crippen LogP contribution in [0.3, 0.4) is 0 Å². The number of pyridine rings is 1. The van der Waals surface area contributed by atoms with Crippen molar-refractivity contribution >= 4 is 19.8 Å². The fourth-order valence-electron chi connectivity index (χ4n) is 0.417. The normalized spacial score (nSPS) is 9.12. The molecule has 42 valence electrons. The first-order valence-electron chi connectivity index (χ1n) is 2.20. The monoisotopic (exact) mass is 143 g/mol. The van der Waals surface area contributed by atoms with Gasteiger partial charge in [0.2, 0.25) is 0 Å². The molecule has 0 bridgehead atoms. The van der Waals surface area contributed by atoms with Gasteiger partial charge >= 0.3 is 0 Å².